The van der Waals surface area contributed by atoms with E-state index in [1.165, 1.54) is 26.0 Å². The summed E-state index contributed by atoms with van der Waals surface area (Å²) in [6.07, 6.45) is 0.0575. The average Bonchev–Trinajstić information content (AvgIpc) is 2.19. The summed E-state index contributed by atoms with van der Waals surface area (Å²) in [5.74, 6) is -2.54. The van der Waals surface area contributed by atoms with Crippen molar-refractivity contribution in [1.82, 2.24) is 0 Å². The van der Waals surface area contributed by atoms with Crippen LogP contribution in [-0.4, -0.2) is 26.4 Å². The highest BCUT2D eigenvalue weighted by Gasteiger charge is 2.29. The Morgan fingerprint density at radius 1 is 1.19 bits per heavy atom. The Morgan fingerprint density at radius 3 is 2.25 bits per heavy atom. The van der Waals surface area contributed by atoms with Gasteiger partial charge in [0.25, 0.3) is 0 Å². The molecule has 5 nitrogen and oxygen atoms in total. The molecule has 4 N–H and O–H groups in total. The molecule has 0 aliphatic carbocycles. The molecule has 0 saturated heterocycles. The first-order valence-electron chi connectivity index (χ1n) is 4.72. The summed E-state index contributed by atoms with van der Waals surface area (Å²) in [7, 11) is 0. The van der Waals surface area contributed by atoms with Gasteiger partial charge in [-0.05, 0) is 31.9 Å². The van der Waals surface area contributed by atoms with Gasteiger partial charge in [0.15, 0.2) is 11.5 Å². The third-order valence-electron chi connectivity index (χ3n) is 2.42. The molecule has 0 aliphatic rings. The Kier molecular flexibility index (Phi) is 2.98. The highest BCUT2D eigenvalue weighted by Crippen LogP contribution is 2.39. The number of rotatable bonds is 3. The van der Waals surface area contributed by atoms with Gasteiger partial charge < -0.3 is 20.4 Å². The molecular formula is C11H14O5. The largest absolute Gasteiger partial charge is 0.504 e. The third kappa shape index (κ3) is 2.18. The van der Waals surface area contributed by atoms with Gasteiger partial charge in [0.2, 0.25) is 5.75 Å². The second-order valence-electron chi connectivity index (χ2n) is 4.31. The van der Waals surface area contributed by atoms with Crippen molar-refractivity contribution >= 4 is 5.97 Å². The standard InChI is InChI=1S/C11H14O5/c1-11(2,10(15)16)5-6-3-4-7(12)9(14)8(6)13/h3-4,12-14H,5H2,1-2H3,(H,15,16). The normalized spacial score (nSPS) is 11.4. The minimum absolute atomic E-state index is 0.0575. The molecule has 0 atom stereocenters. The molecule has 0 unspecified atom stereocenters. The Hall–Kier alpha value is -1.91. The number of carboxylic acid groups (broad SMARTS) is 1. The van der Waals surface area contributed by atoms with E-state index < -0.39 is 28.6 Å². The monoisotopic (exact) mass is 226 g/mol. The summed E-state index contributed by atoms with van der Waals surface area (Å²) in [5.41, 5.74) is -0.774. The molecule has 0 bridgehead atoms. The fourth-order valence-corrected chi connectivity index (χ4v) is 1.31. The van der Waals surface area contributed by atoms with Gasteiger partial charge in [0.05, 0.1) is 5.41 Å². The van der Waals surface area contributed by atoms with Crippen molar-refractivity contribution in [3.8, 4) is 17.2 Å². The van der Waals surface area contributed by atoms with Crippen molar-refractivity contribution in [3.05, 3.63) is 17.7 Å². The predicted molar refractivity (Wildman–Crippen MR) is 56.6 cm³/mol. The van der Waals surface area contributed by atoms with E-state index in [9.17, 15) is 15.0 Å². The highest BCUT2D eigenvalue weighted by atomic mass is 16.4. The fraction of sp³-hybridized carbons (Fsp3) is 0.364. The molecule has 5 heteroatoms. The Morgan fingerprint density at radius 2 is 1.75 bits per heavy atom. The molecule has 16 heavy (non-hydrogen) atoms. The molecule has 0 aromatic heterocycles. The molecule has 0 saturated carbocycles. The van der Waals surface area contributed by atoms with E-state index in [0.717, 1.165) is 0 Å². The molecule has 0 heterocycles. The Balaban J connectivity index is 3.08. The second kappa shape index (κ2) is 3.92. The SMILES string of the molecule is CC(C)(Cc1ccc(O)c(O)c1O)C(=O)O. The van der Waals surface area contributed by atoms with Crippen LogP contribution in [0.15, 0.2) is 12.1 Å². The maximum Gasteiger partial charge on any atom is 0.309 e. The Labute approximate surface area is 92.6 Å². The van der Waals surface area contributed by atoms with Crippen LogP contribution in [0.2, 0.25) is 0 Å². The maximum atomic E-state index is 10.9. The molecule has 0 amide bonds. The summed E-state index contributed by atoms with van der Waals surface area (Å²) in [4.78, 5) is 10.9. The lowest BCUT2D eigenvalue weighted by Gasteiger charge is -2.19. The number of benzene rings is 1. The lowest BCUT2D eigenvalue weighted by atomic mass is 9.85. The molecule has 0 radical (unpaired) electrons. The summed E-state index contributed by atoms with van der Waals surface area (Å²) in [5, 5.41) is 36.8. The van der Waals surface area contributed by atoms with Crippen molar-refractivity contribution < 1.29 is 25.2 Å². The van der Waals surface area contributed by atoms with Gasteiger partial charge in [-0.1, -0.05) is 6.07 Å². The Bertz CT molecular complexity index is 423. The predicted octanol–water partition coefficient (Wildman–Crippen LogP) is 1.46. The van der Waals surface area contributed by atoms with Crippen molar-refractivity contribution in [2.24, 2.45) is 5.41 Å². The average molecular weight is 226 g/mol. The molecular weight excluding hydrogens is 212 g/mol. The van der Waals surface area contributed by atoms with Crippen molar-refractivity contribution in [2.75, 3.05) is 0 Å². The summed E-state index contributed by atoms with van der Waals surface area (Å²) < 4.78 is 0. The highest BCUT2D eigenvalue weighted by molar-refractivity contribution is 5.74. The third-order valence-corrected chi connectivity index (χ3v) is 2.42. The van der Waals surface area contributed by atoms with Crippen LogP contribution in [0.25, 0.3) is 0 Å². The fourth-order valence-electron chi connectivity index (χ4n) is 1.31. The molecule has 1 aromatic carbocycles. The zero-order chi connectivity index (χ0) is 12.5. The zero-order valence-electron chi connectivity index (χ0n) is 9.06. The number of aliphatic carboxylic acids is 1. The van der Waals surface area contributed by atoms with Crippen LogP contribution in [0.1, 0.15) is 19.4 Å². The first-order chi connectivity index (χ1) is 7.25. The lowest BCUT2D eigenvalue weighted by molar-refractivity contribution is -0.146. The van der Waals surface area contributed by atoms with Gasteiger partial charge in [-0.15, -0.1) is 0 Å². The van der Waals surface area contributed by atoms with Crippen LogP contribution in [0.3, 0.4) is 0 Å². The quantitative estimate of drug-likeness (QED) is 0.585. The van der Waals surface area contributed by atoms with Gasteiger partial charge in [0.1, 0.15) is 0 Å². The zero-order valence-corrected chi connectivity index (χ0v) is 9.06. The number of carboxylic acids is 1. The molecule has 1 rings (SSSR count). The topological polar surface area (TPSA) is 98.0 Å². The smallest absolute Gasteiger partial charge is 0.309 e. The summed E-state index contributed by atoms with van der Waals surface area (Å²) in [6.45, 7) is 3.03. The lowest BCUT2D eigenvalue weighted by Crippen LogP contribution is -2.26. The number of hydrogen-bond donors (Lipinski definition) is 4. The molecule has 1 aromatic rings. The number of carbonyl (C=O) groups is 1. The van der Waals surface area contributed by atoms with Crippen molar-refractivity contribution in [3.63, 3.8) is 0 Å². The second-order valence-corrected chi connectivity index (χ2v) is 4.31. The summed E-state index contributed by atoms with van der Waals surface area (Å²) in [6, 6.07) is 2.59. The molecule has 0 aliphatic heterocycles. The van der Waals surface area contributed by atoms with Crippen LogP contribution >= 0.6 is 0 Å². The van der Waals surface area contributed by atoms with Crippen LogP contribution in [0, 0.1) is 5.41 Å². The number of phenols is 3. The van der Waals surface area contributed by atoms with Crippen LogP contribution in [0.5, 0.6) is 17.2 Å². The minimum atomic E-state index is -1.05. The maximum absolute atomic E-state index is 10.9. The minimum Gasteiger partial charge on any atom is -0.504 e. The van der Waals surface area contributed by atoms with E-state index in [4.69, 9.17) is 10.2 Å². The van der Waals surface area contributed by atoms with Gasteiger partial charge in [-0.3, -0.25) is 4.79 Å². The number of phenolic OH excluding ortho intramolecular Hbond substituents is 3. The van der Waals surface area contributed by atoms with E-state index in [2.05, 4.69) is 0 Å². The molecule has 0 fully saturated rings. The van der Waals surface area contributed by atoms with Gasteiger partial charge >= 0.3 is 5.97 Å². The van der Waals surface area contributed by atoms with Gasteiger partial charge in [-0.25, -0.2) is 0 Å². The van der Waals surface area contributed by atoms with Crippen LogP contribution < -0.4 is 0 Å². The van der Waals surface area contributed by atoms with Gasteiger partial charge in [-0.2, -0.15) is 0 Å². The summed E-state index contributed by atoms with van der Waals surface area (Å²) >= 11 is 0. The number of hydrogen-bond acceptors (Lipinski definition) is 4. The van der Waals surface area contributed by atoms with Crippen molar-refractivity contribution in [2.45, 2.75) is 20.3 Å². The number of aromatic hydroxyl groups is 3. The van der Waals surface area contributed by atoms with E-state index in [1.807, 2.05) is 0 Å². The molecule has 0 spiro atoms. The molecule has 88 valence electrons. The van der Waals surface area contributed by atoms with Crippen LogP contribution in [0.4, 0.5) is 0 Å². The van der Waals surface area contributed by atoms with E-state index in [0.29, 0.717) is 0 Å². The van der Waals surface area contributed by atoms with E-state index in [1.54, 1.807) is 0 Å². The van der Waals surface area contributed by atoms with E-state index >= 15 is 0 Å². The van der Waals surface area contributed by atoms with E-state index in [-0.39, 0.29) is 12.0 Å². The van der Waals surface area contributed by atoms with Crippen molar-refractivity contribution in [1.29, 1.82) is 0 Å². The van der Waals surface area contributed by atoms with Gasteiger partial charge in [0, 0.05) is 0 Å². The first-order valence-corrected chi connectivity index (χ1v) is 4.72. The first kappa shape index (κ1) is 12.2. The van der Waals surface area contributed by atoms with Crippen LogP contribution in [-0.2, 0) is 11.2 Å².